The van der Waals surface area contributed by atoms with Crippen LogP contribution in [0.4, 0.5) is 13.2 Å². The standard InChI is InChI=1S/C7H11F3O5S/c1-2-6(11)15-4-3-5(8)7(9,10)16(12,13)14/h5H,2-4H2,1H3,(H,12,13,14). The molecule has 0 amide bonds. The van der Waals surface area contributed by atoms with E-state index < -0.39 is 40.5 Å². The Morgan fingerprint density at radius 2 is 2.00 bits per heavy atom. The van der Waals surface area contributed by atoms with Crippen molar-refractivity contribution in [2.24, 2.45) is 0 Å². The minimum absolute atomic E-state index is 0.00829. The minimum atomic E-state index is -5.81. The third-order valence-corrected chi connectivity index (χ3v) is 2.58. The van der Waals surface area contributed by atoms with Crippen molar-refractivity contribution in [1.29, 1.82) is 0 Å². The summed E-state index contributed by atoms with van der Waals surface area (Å²) >= 11 is 0. The lowest BCUT2D eigenvalue weighted by Crippen LogP contribution is -2.39. The van der Waals surface area contributed by atoms with E-state index in [0.29, 0.717) is 0 Å². The van der Waals surface area contributed by atoms with Gasteiger partial charge >= 0.3 is 21.3 Å². The number of ether oxygens (including phenoxy) is 1. The molecule has 1 atom stereocenters. The van der Waals surface area contributed by atoms with Gasteiger partial charge in [-0.2, -0.15) is 17.2 Å². The Hall–Kier alpha value is -0.830. The summed E-state index contributed by atoms with van der Waals surface area (Å²) in [6.45, 7) is 0.765. The maximum Gasteiger partial charge on any atom is 0.400 e. The summed E-state index contributed by atoms with van der Waals surface area (Å²) in [5, 5.41) is -4.90. The van der Waals surface area contributed by atoms with Crippen molar-refractivity contribution in [3.63, 3.8) is 0 Å². The van der Waals surface area contributed by atoms with Crippen molar-refractivity contribution < 1.29 is 35.7 Å². The number of halogens is 3. The highest BCUT2D eigenvalue weighted by molar-refractivity contribution is 7.86. The molecule has 0 saturated heterocycles. The molecule has 0 aliphatic heterocycles. The van der Waals surface area contributed by atoms with Crippen molar-refractivity contribution in [2.45, 2.75) is 31.2 Å². The number of esters is 1. The van der Waals surface area contributed by atoms with E-state index >= 15 is 0 Å². The largest absolute Gasteiger partial charge is 0.466 e. The second-order valence-electron chi connectivity index (χ2n) is 2.87. The topological polar surface area (TPSA) is 80.7 Å². The Kier molecular flexibility index (Phi) is 5.20. The molecule has 96 valence electrons. The van der Waals surface area contributed by atoms with Crippen molar-refractivity contribution in [2.75, 3.05) is 6.61 Å². The minimum Gasteiger partial charge on any atom is -0.466 e. The van der Waals surface area contributed by atoms with Crippen LogP contribution in [0.3, 0.4) is 0 Å². The fraction of sp³-hybridized carbons (Fsp3) is 0.857. The predicted octanol–water partition coefficient (Wildman–Crippen LogP) is 1.15. The zero-order valence-corrected chi connectivity index (χ0v) is 9.14. The van der Waals surface area contributed by atoms with Gasteiger partial charge in [-0.1, -0.05) is 6.92 Å². The van der Waals surface area contributed by atoms with Gasteiger partial charge in [0.1, 0.15) is 0 Å². The van der Waals surface area contributed by atoms with Crippen LogP contribution in [0, 0.1) is 0 Å². The molecule has 16 heavy (non-hydrogen) atoms. The van der Waals surface area contributed by atoms with E-state index in [9.17, 15) is 26.4 Å². The maximum atomic E-state index is 12.8. The van der Waals surface area contributed by atoms with E-state index in [-0.39, 0.29) is 6.42 Å². The molecule has 0 aromatic carbocycles. The molecule has 0 radical (unpaired) electrons. The number of hydrogen-bond acceptors (Lipinski definition) is 4. The number of carbonyl (C=O) groups is 1. The Balaban J connectivity index is 4.27. The number of rotatable bonds is 6. The zero-order chi connectivity index (χ0) is 13.0. The summed E-state index contributed by atoms with van der Waals surface area (Å²) in [6.07, 6.45) is -4.16. The number of alkyl halides is 3. The number of hydrogen-bond donors (Lipinski definition) is 1. The average molecular weight is 264 g/mol. The Morgan fingerprint density at radius 1 is 1.50 bits per heavy atom. The lowest BCUT2D eigenvalue weighted by molar-refractivity contribution is -0.144. The zero-order valence-electron chi connectivity index (χ0n) is 8.32. The molecule has 1 N–H and O–H groups in total. The molecule has 1 unspecified atom stereocenters. The van der Waals surface area contributed by atoms with Gasteiger partial charge in [0.25, 0.3) is 0 Å². The number of carbonyl (C=O) groups excluding carboxylic acids is 1. The van der Waals surface area contributed by atoms with E-state index in [4.69, 9.17) is 4.55 Å². The molecule has 0 saturated carbocycles. The Labute approximate surface area is 90.3 Å². The Bertz CT molecular complexity index is 340. The molecule has 9 heteroatoms. The molecule has 0 rings (SSSR count). The van der Waals surface area contributed by atoms with Gasteiger partial charge < -0.3 is 4.74 Å². The van der Waals surface area contributed by atoms with Crippen LogP contribution in [0.2, 0.25) is 0 Å². The van der Waals surface area contributed by atoms with Crippen molar-refractivity contribution >= 4 is 16.1 Å². The van der Waals surface area contributed by atoms with Crippen LogP contribution in [0.1, 0.15) is 19.8 Å². The van der Waals surface area contributed by atoms with Crippen LogP contribution in [-0.4, -0.2) is 37.0 Å². The van der Waals surface area contributed by atoms with E-state index in [1.54, 1.807) is 0 Å². The monoisotopic (exact) mass is 264 g/mol. The van der Waals surface area contributed by atoms with Crippen LogP contribution in [0.5, 0.6) is 0 Å². The summed E-state index contributed by atoms with van der Waals surface area (Å²) in [7, 11) is -5.81. The summed E-state index contributed by atoms with van der Waals surface area (Å²) in [5.74, 6) is -0.720. The fourth-order valence-corrected chi connectivity index (χ4v) is 1.15. The molecule has 0 fully saturated rings. The van der Waals surface area contributed by atoms with Gasteiger partial charge in [0.15, 0.2) is 6.17 Å². The van der Waals surface area contributed by atoms with Gasteiger partial charge in [0.05, 0.1) is 6.61 Å². The van der Waals surface area contributed by atoms with E-state index in [1.807, 2.05) is 0 Å². The second kappa shape index (κ2) is 5.48. The molecule has 0 spiro atoms. The first-order valence-electron chi connectivity index (χ1n) is 4.27. The fourth-order valence-electron chi connectivity index (χ4n) is 0.708. The highest BCUT2D eigenvalue weighted by Gasteiger charge is 2.52. The first kappa shape index (κ1) is 15.2. The molecule has 0 bridgehead atoms. The van der Waals surface area contributed by atoms with Gasteiger partial charge in [-0.25, -0.2) is 4.39 Å². The summed E-state index contributed by atoms with van der Waals surface area (Å²) < 4.78 is 70.4. The molecule has 0 aliphatic carbocycles. The van der Waals surface area contributed by atoms with E-state index in [1.165, 1.54) is 6.92 Å². The first-order valence-corrected chi connectivity index (χ1v) is 5.71. The van der Waals surface area contributed by atoms with Gasteiger partial charge in [-0.05, 0) is 0 Å². The smallest absolute Gasteiger partial charge is 0.400 e. The normalized spacial score (nSPS) is 14.6. The third kappa shape index (κ3) is 3.97. The predicted molar refractivity (Wildman–Crippen MR) is 47.3 cm³/mol. The van der Waals surface area contributed by atoms with Crippen LogP contribution in [0.25, 0.3) is 0 Å². The highest BCUT2D eigenvalue weighted by Crippen LogP contribution is 2.29. The van der Waals surface area contributed by atoms with E-state index in [2.05, 4.69) is 4.74 Å². The van der Waals surface area contributed by atoms with Crippen molar-refractivity contribution in [3.8, 4) is 0 Å². The van der Waals surface area contributed by atoms with Gasteiger partial charge in [-0.3, -0.25) is 9.35 Å². The summed E-state index contributed by atoms with van der Waals surface area (Å²) in [6, 6.07) is 0. The molecule has 0 heterocycles. The maximum absolute atomic E-state index is 12.8. The first-order chi connectivity index (χ1) is 7.13. The second-order valence-corrected chi connectivity index (χ2v) is 4.36. The summed E-state index contributed by atoms with van der Waals surface area (Å²) in [4.78, 5) is 10.5. The molecule has 0 aromatic heterocycles. The molecule has 0 aromatic rings. The Morgan fingerprint density at radius 3 is 2.38 bits per heavy atom. The average Bonchev–Trinajstić information content (AvgIpc) is 2.15. The van der Waals surface area contributed by atoms with Crippen molar-refractivity contribution in [1.82, 2.24) is 0 Å². The quantitative estimate of drug-likeness (QED) is 0.575. The molecule has 5 nitrogen and oxygen atoms in total. The SMILES string of the molecule is CCC(=O)OCCC(F)C(F)(F)S(=O)(=O)O. The van der Waals surface area contributed by atoms with Crippen molar-refractivity contribution in [3.05, 3.63) is 0 Å². The van der Waals surface area contributed by atoms with Crippen LogP contribution in [0.15, 0.2) is 0 Å². The third-order valence-electron chi connectivity index (χ3n) is 1.63. The lowest BCUT2D eigenvalue weighted by atomic mass is 10.3. The van der Waals surface area contributed by atoms with Crippen LogP contribution < -0.4 is 0 Å². The molecular formula is C7H11F3O5S. The van der Waals surface area contributed by atoms with Gasteiger partial charge in [-0.15, -0.1) is 0 Å². The van der Waals surface area contributed by atoms with Crippen LogP contribution >= 0.6 is 0 Å². The van der Waals surface area contributed by atoms with Gasteiger partial charge in [0, 0.05) is 12.8 Å². The molecule has 0 aliphatic rings. The lowest BCUT2D eigenvalue weighted by Gasteiger charge is -2.17. The highest BCUT2D eigenvalue weighted by atomic mass is 32.2. The molecular weight excluding hydrogens is 253 g/mol. The van der Waals surface area contributed by atoms with Gasteiger partial charge in [0.2, 0.25) is 0 Å². The summed E-state index contributed by atoms with van der Waals surface area (Å²) in [5.41, 5.74) is 0. The van der Waals surface area contributed by atoms with E-state index in [0.717, 1.165) is 0 Å². The van der Waals surface area contributed by atoms with Crippen LogP contribution in [-0.2, 0) is 19.6 Å².